The van der Waals surface area contributed by atoms with Crippen LogP contribution in [0.25, 0.3) is 0 Å². The van der Waals surface area contributed by atoms with Crippen molar-refractivity contribution in [1.82, 2.24) is 0 Å². The molecule has 0 fully saturated rings. The smallest absolute Gasteiger partial charge is 0.192 e. The summed E-state index contributed by atoms with van der Waals surface area (Å²) in [5.41, 5.74) is 1.25. The van der Waals surface area contributed by atoms with E-state index in [0.717, 1.165) is 12.4 Å². The molecule has 66 valence electrons. The molecule has 0 radical (unpaired) electrons. The summed E-state index contributed by atoms with van der Waals surface area (Å²) < 4.78 is 5.14. The molecule has 0 spiro atoms. The van der Waals surface area contributed by atoms with Crippen molar-refractivity contribution in [2.24, 2.45) is 0 Å². The number of hydrogen-bond donors (Lipinski definition) is 1. The Bertz CT molecular complexity index is 340. The molecule has 0 aliphatic rings. The van der Waals surface area contributed by atoms with Crippen LogP contribution in [0.2, 0.25) is 0 Å². The SMILES string of the molecule is c1ccc(CNc2ccco2)cc1. The predicted octanol–water partition coefficient (Wildman–Crippen LogP) is 2.89. The predicted molar refractivity (Wildman–Crippen MR) is 52.5 cm³/mol. The summed E-state index contributed by atoms with van der Waals surface area (Å²) in [7, 11) is 0. The lowest BCUT2D eigenvalue weighted by molar-refractivity contribution is 0.579. The Kier molecular flexibility index (Phi) is 2.32. The first kappa shape index (κ1) is 7.92. The second-order valence-electron chi connectivity index (χ2n) is 2.82. The van der Waals surface area contributed by atoms with E-state index in [2.05, 4.69) is 17.4 Å². The third kappa shape index (κ3) is 2.12. The zero-order valence-electron chi connectivity index (χ0n) is 7.23. The van der Waals surface area contributed by atoms with E-state index in [1.54, 1.807) is 6.26 Å². The zero-order chi connectivity index (χ0) is 8.93. The molecule has 0 aliphatic carbocycles. The van der Waals surface area contributed by atoms with Crippen LogP contribution in [-0.4, -0.2) is 0 Å². The van der Waals surface area contributed by atoms with Crippen molar-refractivity contribution in [1.29, 1.82) is 0 Å². The van der Waals surface area contributed by atoms with E-state index in [9.17, 15) is 0 Å². The van der Waals surface area contributed by atoms with Gasteiger partial charge in [-0.2, -0.15) is 0 Å². The number of benzene rings is 1. The van der Waals surface area contributed by atoms with Gasteiger partial charge in [0.1, 0.15) is 0 Å². The Morgan fingerprint density at radius 2 is 1.85 bits per heavy atom. The van der Waals surface area contributed by atoms with Crippen LogP contribution in [0.3, 0.4) is 0 Å². The molecule has 0 atom stereocenters. The van der Waals surface area contributed by atoms with E-state index in [4.69, 9.17) is 4.42 Å². The van der Waals surface area contributed by atoms with E-state index in [1.807, 2.05) is 30.3 Å². The van der Waals surface area contributed by atoms with Gasteiger partial charge in [0.25, 0.3) is 0 Å². The van der Waals surface area contributed by atoms with Gasteiger partial charge in [-0.25, -0.2) is 0 Å². The van der Waals surface area contributed by atoms with E-state index in [-0.39, 0.29) is 0 Å². The molecule has 0 saturated carbocycles. The normalized spacial score (nSPS) is 9.85. The van der Waals surface area contributed by atoms with Gasteiger partial charge in [-0.05, 0) is 11.6 Å². The van der Waals surface area contributed by atoms with Crippen LogP contribution in [0.15, 0.2) is 53.1 Å². The molecule has 1 heterocycles. The maximum absolute atomic E-state index is 5.14. The van der Waals surface area contributed by atoms with E-state index < -0.39 is 0 Å². The minimum absolute atomic E-state index is 0.800. The lowest BCUT2D eigenvalue weighted by Crippen LogP contribution is -1.97. The van der Waals surface area contributed by atoms with Gasteiger partial charge >= 0.3 is 0 Å². The highest BCUT2D eigenvalue weighted by Gasteiger charge is 1.93. The first-order chi connectivity index (χ1) is 6.45. The van der Waals surface area contributed by atoms with E-state index >= 15 is 0 Å². The lowest BCUT2D eigenvalue weighted by Gasteiger charge is -2.01. The Balaban J connectivity index is 1.94. The number of anilines is 1. The molecule has 2 heteroatoms. The van der Waals surface area contributed by atoms with Crippen LogP contribution in [-0.2, 0) is 6.54 Å². The summed E-state index contributed by atoms with van der Waals surface area (Å²) in [5, 5.41) is 3.17. The molecule has 1 aromatic heterocycles. The van der Waals surface area contributed by atoms with Crippen LogP contribution in [0.1, 0.15) is 5.56 Å². The Morgan fingerprint density at radius 1 is 1.00 bits per heavy atom. The summed E-state index contributed by atoms with van der Waals surface area (Å²) in [6, 6.07) is 14.0. The van der Waals surface area contributed by atoms with Gasteiger partial charge < -0.3 is 9.73 Å². The van der Waals surface area contributed by atoms with Crippen LogP contribution in [0, 0.1) is 0 Å². The highest BCUT2D eigenvalue weighted by molar-refractivity contribution is 5.31. The monoisotopic (exact) mass is 173 g/mol. The fraction of sp³-hybridized carbons (Fsp3) is 0.0909. The highest BCUT2D eigenvalue weighted by atomic mass is 16.3. The molecular weight excluding hydrogens is 162 g/mol. The fourth-order valence-corrected chi connectivity index (χ4v) is 1.16. The summed E-state index contributed by atoms with van der Waals surface area (Å²) in [5.74, 6) is 0.809. The number of nitrogens with one attached hydrogen (secondary N) is 1. The maximum atomic E-state index is 5.14. The molecule has 2 aromatic rings. The minimum atomic E-state index is 0.800. The zero-order valence-corrected chi connectivity index (χ0v) is 7.23. The number of rotatable bonds is 3. The van der Waals surface area contributed by atoms with Gasteiger partial charge in [0, 0.05) is 12.6 Å². The average Bonchev–Trinajstić information content (AvgIpc) is 2.69. The third-order valence-corrected chi connectivity index (χ3v) is 1.83. The second kappa shape index (κ2) is 3.81. The molecule has 0 bridgehead atoms. The van der Waals surface area contributed by atoms with Crippen LogP contribution >= 0.6 is 0 Å². The van der Waals surface area contributed by atoms with Crippen LogP contribution < -0.4 is 5.32 Å². The van der Waals surface area contributed by atoms with Gasteiger partial charge in [0.2, 0.25) is 0 Å². The maximum Gasteiger partial charge on any atom is 0.192 e. The summed E-state index contributed by atoms with van der Waals surface area (Å²) >= 11 is 0. The number of hydrogen-bond acceptors (Lipinski definition) is 2. The van der Waals surface area contributed by atoms with Crippen LogP contribution in [0.5, 0.6) is 0 Å². The Hall–Kier alpha value is -1.70. The largest absolute Gasteiger partial charge is 0.449 e. The van der Waals surface area contributed by atoms with Gasteiger partial charge in [0.05, 0.1) is 6.26 Å². The lowest BCUT2D eigenvalue weighted by atomic mass is 10.2. The van der Waals surface area contributed by atoms with E-state index in [0.29, 0.717) is 0 Å². The van der Waals surface area contributed by atoms with Gasteiger partial charge in [-0.1, -0.05) is 30.3 Å². The molecule has 2 nitrogen and oxygen atoms in total. The molecule has 13 heavy (non-hydrogen) atoms. The Morgan fingerprint density at radius 3 is 2.54 bits per heavy atom. The second-order valence-corrected chi connectivity index (χ2v) is 2.82. The van der Waals surface area contributed by atoms with Crippen molar-refractivity contribution in [3.63, 3.8) is 0 Å². The molecule has 0 amide bonds. The molecule has 1 N–H and O–H groups in total. The fourth-order valence-electron chi connectivity index (χ4n) is 1.16. The molecule has 0 saturated heterocycles. The van der Waals surface area contributed by atoms with Gasteiger partial charge in [0.15, 0.2) is 5.88 Å². The minimum Gasteiger partial charge on any atom is -0.449 e. The van der Waals surface area contributed by atoms with Crippen molar-refractivity contribution in [2.45, 2.75) is 6.54 Å². The van der Waals surface area contributed by atoms with E-state index in [1.165, 1.54) is 5.56 Å². The molecule has 1 aromatic carbocycles. The molecule has 0 unspecified atom stereocenters. The molecule has 0 aliphatic heterocycles. The first-order valence-electron chi connectivity index (χ1n) is 4.26. The quantitative estimate of drug-likeness (QED) is 0.772. The number of furan rings is 1. The first-order valence-corrected chi connectivity index (χ1v) is 4.26. The van der Waals surface area contributed by atoms with Crippen LogP contribution in [0.4, 0.5) is 5.88 Å². The summed E-state index contributed by atoms with van der Waals surface area (Å²) in [6.07, 6.45) is 1.66. The third-order valence-electron chi connectivity index (χ3n) is 1.83. The van der Waals surface area contributed by atoms with Crippen molar-refractivity contribution in [3.8, 4) is 0 Å². The topological polar surface area (TPSA) is 25.2 Å². The average molecular weight is 173 g/mol. The summed E-state index contributed by atoms with van der Waals surface area (Å²) in [4.78, 5) is 0. The van der Waals surface area contributed by atoms with Gasteiger partial charge in [-0.3, -0.25) is 0 Å². The Labute approximate surface area is 77.2 Å². The molecule has 2 rings (SSSR count). The van der Waals surface area contributed by atoms with Crippen molar-refractivity contribution in [2.75, 3.05) is 5.32 Å². The van der Waals surface area contributed by atoms with Crippen molar-refractivity contribution >= 4 is 5.88 Å². The van der Waals surface area contributed by atoms with Crippen molar-refractivity contribution < 1.29 is 4.42 Å². The highest BCUT2D eigenvalue weighted by Crippen LogP contribution is 2.08. The standard InChI is InChI=1S/C11H11NO/c1-2-5-10(6-3-1)9-12-11-7-4-8-13-11/h1-8,12H,9H2. The summed E-state index contributed by atoms with van der Waals surface area (Å²) in [6.45, 7) is 0.800. The van der Waals surface area contributed by atoms with Crippen molar-refractivity contribution in [3.05, 3.63) is 54.3 Å². The van der Waals surface area contributed by atoms with Gasteiger partial charge in [-0.15, -0.1) is 0 Å². The molecular formula is C11H11NO.